The molecule has 0 spiro atoms. The minimum Gasteiger partial charge on any atom is -0.781 e. The second-order valence-electron chi connectivity index (χ2n) is 6.95. The zero-order chi connectivity index (χ0) is 19.9. The molecule has 3 rings (SSSR count). The molecule has 1 aromatic heterocycles. The van der Waals surface area contributed by atoms with Crippen LogP contribution < -0.4 is 48.8 Å². The first-order chi connectivity index (χ1) is 13.6. The molecule has 154 valence electrons. The summed E-state index contributed by atoms with van der Waals surface area (Å²) in [4.78, 5) is 21.8. The molecular weight excluding hydrogens is 404 g/mol. The smallest absolute Gasteiger partial charge is 0.781 e. The van der Waals surface area contributed by atoms with Gasteiger partial charge in [0.15, 0.2) is 11.5 Å². The number of nitrogens with zero attached hydrogens (tertiary/aromatic N) is 3. The van der Waals surface area contributed by atoms with Gasteiger partial charge in [-0.3, -0.25) is 0 Å². The average Bonchev–Trinajstić information content (AvgIpc) is 2.95. The topological polar surface area (TPSA) is 96.8 Å². The number of hydrogen-bond donors (Lipinski definition) is 0. The van der Waals surface area contributed by atoms with E-state index < -0.39 is 8.25 Å². The van der Waals surface area contributed by atoms with Crippen molar-refractivity contribution in [2.45, 2.75) is 32.1 Å². The molecule has 1 fully saturated rings. The van der Waals surface area contributed by atoms with E-state index in [1.54, 1.807) is 20.5 Å². The minimum absolute atomic E-state index is 0. The van der Waals surface area contributed by atoms with Crippen LogP contribution >= 0.6 is 8.25 Å². The molecule has 0 radical (unpaired) electrons. The molecule has 1 aromatic carbocycles. The van der Waals surface area contributed by atoms with Gasteiger partial charge in [0.05, 0.1) is 26.3 Å². The maximum atomic E-state index is 10.5. The van der Waals surface area contributed by atoms with Gasteiger partial charge < -0.3 is 28.4 Å². The van der Waals surface area contributed by atoms with Crippen LogP contribution in [-0.4, -0.2) is 43.9 Å². The summed E-state index contributed by atoms with van der Waals surface area (Å²) in [5.41, 5.74) is 0.827. The van der Waals surface area contributed by atoms with Gasteiger partial charge in [0, 0.05) is 24.5 Å². The molecule has 0 bridgehead atoms. The Labute approximate surface area is 194 Å². The Balaban J connectivity index is 0.00000300. The van der Waals surface area contributed by atoms with E-state index in [4.69, 9.17) is 9.47 Å². The van der Waals surface area contributed by atoms with Gasteiger partial charge in [-0.15, -0.1) is 0 Å². The predicted octanol–water partition coefficient (Wildman–Crippen LogP) is -0.196. The zero-order valence-electron chi connectivity index (χ0n) is 17.3. The maximum Gasteiger partial charge on any atom is 1.00 e. The van der Waals surface area contributed by atoms with Crippen LogP contribution in [0.3, 0.4) is 0 Å². The van der Waals surface area contributed by atoms with Crippen LogP contribution in [0, 0.1) is 5.92 Å². The Morgan fingerprint density at radius 1 is 1.17 bits per heavy atom. The Hall–Kier alpha value is -0.890. The van der Waals surface area contributed by atoms with Crippen molar-refractivity contribution in [1.29, 1.82) is 0 Å². The third-order valence-corrected chi connectivity index (χ3v) is 5.68. The summed E-state index contributed by atoms with van der Waals surface area (Å²) < 4.78 is 26.0. The van der Waals surface area contributed by atoms with Crippen LogP contribution in [0.15, 0.2) is 18.5 Å². The van der Waals surface area contributed by atoms with E-state index in [0.29, 0.717) is 24.0 Å². The fourth-order valence-corrected chi connectivity index (χ4v) is 4.13. The van der Waals surface area contributed by atoms with E-state index >= 15 is 0 Å². The number of rotatable bonds is 8. The molecule has 0 amide bonds. The summed E-state index contributed by atoms with van der Waals surface area (Å²) >= 11 is 0. The number of benzene rings is 1. The van der Waals surface area contributed by atoms with Crippen LogP contribution in [0.2, 0.25) is 0 Å². The Kier molecular flexibility index (Phi) is 10.2. The number of aromatic nitrogens is 2. The van der Waals surface area contributed by atoms with Crippen molar-refractivity contribution in [2.24, 2.45) is 5.92 Å². The molecule has 0 saturated carbocycles. The summed E-state index contributed by atoms with van der Waals surface area (Å²) in [6.07, 6.45) is 6.60. The SMILES string of the molecule is COc1cc2ncnc(N3CCCC(CCCO[PH](=O)[O-])CC3)c2cc1OC.[Na+]. The fourth-order valence-electron chi connectivity index (χ4n) is 3.81. The summed E-state index contributed by atoms with van der Waals surface area (Å²) in [6.45, 7) is 2.13. The van der Waals surface area contributed by atoms with Crippen molar-refractivity contribution in [3.05, 3.63) is 18.5 Å². The normalized spacial score (nSPS) is 18.0. The maximum absolute atomic E-state index is 10.5. The van der Waals surface area contributed by atoms with Crippen LogP contribution in [0.4, 0.5) is 5.82 Å². The molecule has 2 atom stereocenters. The summed E-state index contributed by atoms with van der Waals surface area (Å²) in [5, 5.41) is 0.951. The minimum atomic E-state index is -3.06. The molecule has 2 heterocycles. The van der Waals surface area contributed by atoms with Gasteiger partial charge in [0.25, 0.3) is 0 Å². The Morgan fingerprint density at radius 2 is 1.93 bits per heavy atom. The molecule has 1 aliphatic heterocycles. The van der Waals surface area contributed by atoms with Crippen molar-refractivity contribution >= 4 is 25.0 Å². The molecule has 2 unspecified atom stereocenters. The zero-order valence-corrected chi connectivity index (χ0v) is 20.3. The number of methoxy groups -OCH3 is 2. The number of anilines is 1. The van der Waals surface area contributed by atoms with E-state index in [-0.39, 0.29) is 29.6 Å². The first-order valence-corrected chi connectivity index (χ1v) is 10.8. The first kappa shape index (κ1) is 24.4. The Bertz CT molecular complexity index is 826. The summed E-state index contributed by atoms with van der Waals surface area (Å²) in [7, 11) is 0.174. The van der Waals surface area contributed by atoms with Gasteiger partial charge in [-0.25, -0.2) is 9.97 Å². The average molecular weight is 431 g/mol. The third-order valence-electron chi connectivity index (χ3n) is 5.24. The summed E-state index contributed by atoms with van der Waals surface area (Å²) in [6, 6.07) is 3.82. The van der Waals surface area contributed by atoms with Crippen molar-refractivity contribution in [2.75, 3.05) is 38.8 Å². The number of fused-ring (bicyclic) bond motifs is 1. The van der Waals surface area contributed by atoms with Gasteiger partial charge in [0.2, 0.25) is 0 Å². The van der Waals surface area contributed by atoms with Gasteiger partial charge in [-0.05, 0) is 44.1 Å². The van der Waals surface area contributed by atoms with E-state index in [2.05, 4.69) is 19.4 Å². The molecule has 0 N–H and O–H groups in total. The Morgan fingerprint density at radius 3 is 2.66 bits per heavy atom. The fraction of sp³-hybridized carbons (Fsp3) is 0.579. The summed E-state index contributed by atoms with van der Waals surface area (Å²) in [5.74, 6) is 2.81. The van der Waals surface area contributed by atoms with Gasteiger partial charge >= 0.3 is 29.6 Å². The second-order valence-corrected chi connectivity index (χ2v) is 7.73. The van der Waals surface area contributed by atoms with Crippen LogP contribution in [0.25, 0.3) is 10.9 Å². The first-order valence-electron chi connectivity index (χ1n) is 9.57. The second kappa shape index (κ2) is 12.1. The molecule has 1 aliphatic rings. The molecular formula is C19H27N3NaO5P. The molecule has 2 aromatic rings. The predicted molar refractivity (Wildman–Crippen MR) is 106 cm³/mol. The van der Waals surface area contributed by atoms with Crippen molar-refractivity contribution in [1.82, 2.24) is 9.97 Å². The molecule has 29 heavy (non-hydrogen) atoms. The van der Waals surface area contributed by atoms with Crippen molar-refractivity contribution < 1.29 is 53.0 Å². The van der Waals surface area contributed by atoms with Gasteiger partial charge in [0.1, 0.15) is 20.4 Å². The van der Waals surface area contributed by atoms with Crippen molar-refractivity contribution in [3.63, 3.8) is 0 Å². The number of ether oxygens (including phenoxy) is 2. The third kappa shape index (κ3) is 6.54. The van der Waals surface area contributed by atoms with E-state index in [1.165, 1.54) is 0 Å². The van der Waals surface area contributed by atoms with Gasteiger partial charge in [-0.2, -0.15) is 0 Å². The largest absolute Gasteiger partial charge is 1.00 e. The van der Waals surface area contributed by atoms with Crippen molar-refractivity contribution in [3.8, 4) is 11.5 Å². The monoisotopic (exact) mass is 431 g/mol. The van der Waals surface area contributed by atoms with E-state index in [1.807, 2.05) is 12.1 Å². The van der Waals surface area contributed by atoms with Crippen LogP contribution in [0.1, 0.15) is 32.1 Å². The molecule has 1 saturated heterocycles. The molecule has 0 aliphatic carbocycles. The van der Waals surface area contributed by atoms with E-state index in [9.17, 15) is 9.46 Å². The molecule has 8 nitrogen and oxygen atoms in total. The quantitative estimate of drug-likeness (QED) is 0.322. The van der Waals surface area contributed by atoms with Gasteiger partial charge in [-0.1, -0.05) is 0 Å². The standard InChI is InChI=1S/C19H28N3O5P.Na/c1-25-17-11-15-16(12-18(17)26-2)20-13-21-19(15)22-8-3-5-14(7-9-22)6-4-10-27-28(23)24;/h11-14,28H,3-10H2,1-2H3,(H,23,24);/q;+1/p-1. The van der Waals surface area contributed by atoms with E-state index in [0.717, 1.165) is 61.9 Å². The van der Waals surface area contributed by atoms with Crippen LogP contribution in [-0.2, 0) is 9.09 Å². The number of hydrogen-bond acceptors (Lipinski definition) is 8. The van der Waals surface area contributed by atoms with Crippen LogP contribution in [0.5, 0.6) is 11.5 Å². The molecule has 10 heteroatoms.